The van der Waals surface area contributed by atoms with E-state index in [0.717, 1.165) is 0 Å². The van der Waals surface area contributed by atoms with Crippen LogP contribution in [0.4, 0.5) is 0 Å². The topological polar surface area (TPSA) is 12.4 Å². The molecule has 1 aliphatic carbocycles. The standard InChI is InChI=1S/C11H15NSi/c1-5-6(2)11(13)10-9(5)7(3)8(4)12-10/h6H,13H2,1-4H3. The van der Waals surface area contributed by atoms with Gasteiger partial charge in [0.25, 0.3) is 0 Å². The summed E-state index contributed by atoms with van der Waals surface area (Å²) in [7, 11) is 1.99. The maximum Gasteiger partial charge on any atom is 0.0693 e. The van der Waals surface area contributed by atoms with Crippen LogP contribution in [0.15, 0.2) is 27.4 Å². The predicted octanol–water partition coefficient (Wildman–Crippen LogP) is 1.51. The third-order valence-corrected chi connectivity index (χ3v) is 4.25. The molecule has 0 aromatic rings. The summed E-state index contributed by atoms with van der Waals surface area (Å²) in [4.78, 5) is 4.62. The van der Waals surface area contributed by atoms with E-state index in [2.05, 4.69) is 32.7 Å². The molecular formula is C11H15NSi. The van der Waals surface area contributed by atoms with Gasteiger partial charge >= 0.3 is 0 Å². The normalized spacial score (nSPS) is 27.2. The van der Waals surface area contributed by atoms with Crippen molar-refractivity contribution in [2.24, 2.45) is 10.9 Å². The molecule has 0 bridgehead atoms. The summed E-state index contributed by atoms with van der Waals surface area (Å²) in [6.07, 6.45) is 0. The van der Waals surface area contributed by atoms with E-state index in [9.17, 15) is 0 Å². The zero-order chi connectivity index (χ0) is 9.75. The van der Waals surface area contributed by atoms with Crippen LogP contribution in [0.5, 0.6) is 0 Å². The molecule has 2 aliphatic rings. The first kappa shape index (κ1) is 8.82. The molecular weight excluding hydrogens is 174 g/mol. The smallest absolute Gasteiger partial charge is 0.0693 e. The summed E-state index contributed by atoms with van der Waals surface area (Å²) in [6, 6.07) is 0. The van der Waals surface area contributed by atoms with Gasteiger partial charge < -0.3 is 0 Å². The highest BCUT2D eigenvalue weighted by Gasteiger charge is 2.32. The molecule has 68 valence electrons. The zero-order valence-electron chi connectivity index (χ0n) is 8.73. The van der Waals surface area contributed by atoms with Crippen LogP contribution in [0.1, 0.15) is 27.7 Å². The molecule has 2 heteroatoms. The van der Waals surface area contributed by atoms with Crippen molar-refractivity contribution in [3.05, 3.63) is 22.4 Å². The SMILES string of the molecule is CC1=C(C)C2=C(C)C(C)C(=[SiH2])C2=N1. The van der Waals surface area contributed by atoms with Crippen molar-refractivity contribution < 1.29 is 0 Å². The molecule has 0 saturated carbocycles. The van der Waals surface area contributed by atoms with Crippen molar-refractivity contribution in [1.29, 1.82) is 0 Å². The van der Waals surface area contributed by atoms with Gasteiger partial charge in [-0.2, -0.15) is 0 Å². The molecule has 1 unspecified atom stereocenters. The minimum absolute atomic E-state index is 0.607. The van der Waals surface area contributed by atoms with Crippen molar-refractivity contribution in [2.45, 2.75) is 27.7 Å². The summed E-state index contributed by atoms with van der Waals surface area (Å²) in [5.41, 5.74) is 6.76. The van der Waals surface area contributed by atoms with Gasteiger partial charge in [0, 0.05) is 11.3 Å². The number of aliphatic imine (C=N–C) groups is 1. The molecule has 1 nitrogen and oxygen atoms in total. The first-order valence-corrected chi connectivity index (χ1v) is 5.41. The van der Waals surface area contributed by atoms with Gasteiger partial charge in [-0.3, -0.25) is 4.99 Å². The molecule has 13 heavy (non-hydrogen) atoms. The third-order valence-electron chi connectivity index (χ3n) is 3.30. The Morgan fingerprint density at radius 2 is 1.85 bits per heavy atom. The van der Waals surface area contributed by atoms with Crippen molar-refractivity contribution in [3.8, 4) is 0 Å². The number of rotatable bonds is 0. The number of hydrogen-bond acceptors (Lipinski definition) is 1. The fourth-order valence-electron chi connectivity index (χ4n) is 2.06. The van der Waals surface area contributed by atoms with E-state index >= 15 is 0 Å². The first-order chi connectivity index (χ1) is 6.04. The van der Waals surface area contributed by atoms with Gasteiger partial charge in [0.05, 0.1) is 5.71 Å². The summed E-state index contributed by atoms with van der Waals surface area (Å²) < 4.78 is 0. The Kier molecular flexibility index (Phi) is 1.77. The lowest BCUT2D eigenvalue weighted by molar-refractivity contribution is 0.942. The van der Waals surface area contributed by atoms with Gasteiger partial charge in [-0.25, -0.2) is 0 Å². The Hall–Kier alpha value is -0.763. The number of fused-ring (bicyclic) bond motifs is 1. The molecule has 0 fully saturated rings. The Balaban J connectivity index is 2.64. The fraction of sp³-hybridized carbons (Fsp3) is 0.455. The second kappa shape index (κ2) is 2.61. The van der Waals surface area contributed by atoms with E-state index in [0.29, 0.717) is 5.92 Å². The molecule has 1 atom stereocenters. The molecule has 1 aliphatic heterocycles. The molecule has 1 heterocycles. The highest BCUT2D eigenvalue weighted by Crippen LogP contribution is 2.36. The van der Waals surface area contributed by atoms with Crippen LogP contribution in [-0.2, 0) is 0 Å². The number of nitrogens with zero attached hydrogens (tertiary/aromatic N) is 1. The van der Waals surface area contributed by atoms with Crippen LogP contribution in [-0.4, -0.2) is 20.7 Å². The van der Waals surface area contributed by atoms with E-state index in [1.165, 1.54) is 33.3 Å². The quantitative estimate of drug-likeness (QED) is 0.512. The second-order valence-corrected chi connectivity index (χ2v) is 4.74. The molecule has 0 amide bonds. The van der Waals surface area contributed by atoms with Crippen LogP contribution in [0.2, 0.25) is 0 Å². The minimum atomic E-state index is 0.607. The Morgan fingerprint density at radius 1 is 1.23 bits per heavy atom. The first-order valence-electron chi connectivity index (χ1n) is 4.71. The highest BCUT2D eigenvalue weighted by atomic mass is 28.1. The minimum Gasteiger partial charge on any atom is -0.253 e. The van der Waals surface area contributed by atoms with Gasteiger partial charge in [0.1, 0.15) is 0 Å². The van der Waals surface area contributed by atoms with Crippen LogP contribution >= 0.6 is 0 Å². The lowest BCUT2D eigenvalue weighted by atomic mass is 10.0. The van der Waals surface area contributed by atoms with Crippen molar-refractivity contribution >= 4 is 20.7 Å². The van der Waals surface area contributed by atoms with Crippen molar-refractivity contribution in [1.82, 2.24) is 0 Å². The number of allylic oxidation sites excluding steroid dienone is 4. The van der Waals surface area contributed by atoms with Crippen LogP contribution in [0.3, 0.4) is 0 Å². The third kappa shape index (κ3) is 0.983. The molecule has 0 N–H and O–H groups in total. The average molecular weight is 189 g/mol. The summed E-state index contributed by atoms with van der Waals surface area (Å²) in [6.45, 7) is 8.79. The largest absolute Gasteiger partial charge is 0.253 e. The van der Waals surface area contributed by atoms with Gasteiger partial charge in [0.15, 0.2) is 0 Å². The molecule has 0 spiro atoms. The average Bonchev–Trinajstić information content (AvgIpc) is 2.48. The van der Waals surface area contributed by atoms with Gasteiger partial charge in [0.2, 0.25) is 0 Å². The predicted molar refractivity (Wildman–Crippen MR) is 61.2 cm³/mol. The Labute approximate surface area is 82.3 Å². The van der Waals surface area contributed by atoms with Gasteiger partial charge in [-0.05, 0) is 47.3 Å². The summed E-state index contributed by atoms with van der Waals surface area (Å²) in [5, 5.41) is 1.46. The summed E-state index contributed by atoms with van der Waals surface area (Å²) >= 11 is 0. The highest BCUT2D eigenvalue weighted by molar-refractivity contribution is 6.70. The van der Waals surface area contributed by atoms with E-state index in [4.69, 9.17) is 0 Å². The second-order valence-electron chi connectivity index (χ2n) is 3.98. The lowest BCUT2D eigenvalue weighted by Gasteiger charge is -2.05. The van der Waals surface area contributed by atoms with Crippen LogP contribution < -0.4 is 0 Å². The van der Waals surface area contributed by atoms with E-state index in [1.807, 2.05) is 9.85 Å². The van der Waals surface area contributed by atoms with E-state index < -0.39 is 0 Å². The molecule has 0 saturated heterocycles. The van der Waals surface area contributed by atoms with Gasteiger partial charge in [-0.15, -0.1) is 0 Å². The zero-order valence-corrected chi connectivity index (χ0v) is 10.1. The Morgan fingerprint density at radius 3 is 2.38 bits per heavy atom. The Bertz CT molecular complexity index is 396. The fourth-order valence-corrected chi connectivity index (χ4v) is 2.63. The van der Waals surface area contributed by atoms with Crippen molar-refractivity contribution in [2.75, 3.05) is 0 Å². The van der Waals surface area contributed by atoms with Crippen LogP contribution in [0, 0.1) is 5.92 Å². The molecule has 0 aromatic heterocycles. The maximum absolute atomic E-state index is 4.62. The lowest BCUT2D eigenvalue weighted by Crippen LogP contribution is -2.14. The molecule has 2 rings (SSSR count). The van der Waals surface area contributed by atoms with E-state index in [-0.39, 0.29) is 0 Å². The van der Waals surface area contributed by atoms with E-state index in [1.54, 1.807) is 0 Å². The van der Waals surface area contributed by atoms with Crippen LogP contribution in [0.25, 0.3) is 0 Å². The van der Waals surface area contributed by atoms with Gasteiger partial charge in [-0.1, -0.05) is 12.5 Å². The van der Waals surface area contributed by atoms with Crippen molar-refractivity contribution in [3.63, 3.8) is 0 Å². The molecule has 0 aromatic carbocycles. The summed E-state index contributed by atoms with van der Waals surface area (Å²) in [5.74, 6) is 0.607. The monoisotopic (exact) mass is 189 g/mol. The number of hydrogen-bond donors (Lipinski definition) is 0. The maximum atomic E-state index is 4.62. The molecule has 0 radical (unpaired) electrons.